The van der Waals surface area contributed by atoms with Crippen LogP contribution in [-0.2, 0) is 22.5 Å². The van der Waals surface area contributed by atoms with Crippen LogP contribution >= 0.6 is 0 Å². The van der Waals surface area contributed by atoms with Crippen molar-refractivity contribution >= 4 is 28.6 Å². The van der Waals surface area contributed by atoms with Crippen molar-refractivity contribution in [3.8, 4) is 5.75 Å². The molecule has 0 radical (unpaired) electrons. The second-order valence-corrected chi connectivity index (χ2v) is 10.6. The number of likely N-dealkylation sites (N-methyl/N-ethyl adjacent to an activating group) is 1. The number of fused-ring (bicyclic) bond motifs is 5. The second-order valence-electron chi connectivity index (χ2n) is 10.6. The number of nitrogens with zero attached hydrogens (tertiary/aromatic N) is 3. The molecule has 39 heavy (non-hydrogen) atoms. The molecule has 9 nitrogen and oxygen atoms in total. The molecule has 6 rings (SSSR count). The zero-order valence-corrected chi connectivity index (χ0v) is 22.1. The summed E-state index contributed by atoms with van der Waals surface area (Å²) in [5.41, 5.74) is 4.29. The average molecular weight is 532 g/mol. The van der Waals surface area contributed by atoms with Gasteiger partial charge in [-0.1, -0.05) is 24.3 Å². The first kappa shape index (κ1) is 25.6. The number of aromatic nitrogens is 1. The topological polar surface area (TPSA) is 101 Å². The number of imide groups is 1. The van der Waals surface area contributed by atoms with Gasteiger partial charge in [0.2, 0.25) is 0 Å². The Labute approximate surface area is 226 Å². The molecular formula is C30H33N3O6. The molecule has 0 spiro atoms. The number of benzene rings is 2. The third-order valence-electron chi connectivity index (χ3n) is 8.35. The van der Waals surface area contributed by atoms with E-state index in [-0.39, 0.29) is 17.7 Å². The summed E-state index contributed by atoms with van der Waals surface area (Å²) in [4.78, 5) is 40.8. The van der Waals surface area contributed by atoms with Crippen LogP contribution in [-0.4, -0.2) is 77.2 Å². The van der Waals surface area contributed by atoms with Gasteiger partial charge < -0.3 is 24.0 Å². The van der Waals surface area contributed by atoms with Crippen LogP contribution in [0, 0.1) is 5.92 Å². The lowest BCUT2D eigenvalue weighted by atomic mass is 9.97. The molecule has 0 aliphatic carbocycles. The Morgan fingerprint density at radius 3 is 2.62 bits per heavy atom. The molecule has 9 heteroatoms. The molecule has 3 aliphatic rings. The molecule has 4 heterocycles. The SMILES string of the molecule is CN1C(=O)C2c3c(c4cc(OCCC5CCOCC5)ccc4n3Cc3ccc(C(=O)CO)cc3)CCN2C1=O. The van der Waals surface area contributed by atoms with E-state index in [2.05, 4.69) is 10.6 Å². The fourth-order valence-electron chi connectivity index (χ4n) is 6.14. The maximum absolute atomic E-state index is 13.3. The summed E-state index contributed by atoms with van der Waals surface area (Å²) in [6, 6.07) is 12.3. The number of urea groups is 1. The largest absolute Gasteiger partial charge is 0.494 e. The number of ether oxygens (including phenoxy) is 2. The highest BCUT2D eigenvalue weighted by atomic mass is 16.5. The fraction of sp³-hybridized carbons (Fsp3) is 0.433. The lowest BCUT2D eigenvalue weighted by Crippen LogP contribution is -2.36. The monoisotopic (exact) mass is 531 g/mol. The van der Waals surface area contributed by atoms with Gasteiger partial charge in [-0.3, -0.25) is 14.5 Å². The molecule has 1 atom stereocenters. The smallest absolute Gasteiger partial charge is 0.327 e. The van der Waals surface area contributed by atoms with Crippen LogP contribution in [0.4, 0.5) is 4.79 Å². The normalized spacial score (nSPS) is 19.5. The van der Waals surface area contributed by atoms with Gasteiger partial charge in [0.1, 0.15) is 12.4 Å². The first-order valence-corrected chi connectivity index (χ1v) is 13.6. The zero-order valence-electron chi connectivity index (χ0n) is 22.1. The van der Waals surface area contributed by atoms with Crippen LogP contribution in [0.3, 0.4) is 0 Å². The molecule has 2 saturated heterocycles. The molecule has 0 saturated carbocycles. The Balaban J connectivity index is 1.35. The number of carbonyl (C=O) groups excluding carboxylic acids is 3. The van der Waals surface area contributed by atoms with Crippen molar-refractivity contribution in [1.29, 1.82) is 0 Å². The minimum atomic E-state index is -0.660. The summed E-state index contributed by atoms with van der Waals surface area (Å²) in [7, 11) is 1.54. The van der Waals surface area contributed by atoms with Gasteiger partial charge in [-0.15, -0.1) is 0 Å². The van der Waals surface area contributed by atoms with Crippen LogP contribution in [0.5, 0.6) is 5.75 Å². The number of hydrogen-bond acceptors (Lipinski definition) is 6. The summed E-state index contributed by atoms with van der Waals surface area (Å²) in [6.45, 7) is 2.72. The molecule has 3 aliphatic heterocycles. The Kier molecular flexibility index (Phi) is 6.86. The van der Waals surface area contributed by atoms with Gasteiger partial charge in [-0.2, -0.15) is 0 Å². The fourth-order valence-corrected chi connectivity index (χ4v) is 6.14. The van der Waals surface area contributed by atoms with Crippen molar-refractivity contribution in [2.75, 3.05) is 40.0 Å². The molecule has 3 amide bonds. The van der Waals surface area contributed by atoms with E-state index in [0.29, 0.717) is 37.6 Å². The van der Waals surface area contributed by atoms with Crippen molar-refractivity contribution in [1.82, 2.24) is 14.4 Å². The molecule has 2 aromatic carbocycles. The molecule has 1 aromatic heterocycles. The first-order valence-electron chi connectivity index (χ1n) is 13.6. The second kappa shape index (κ2) is 10.5. The summed E-state index contributed by atoms with van der Waals surface area (Å²) in [5.74, 6) is 0.879. The van der Waals surface area contributed by atoms with E-state index in [0.717, 1.165) is 65.9 Å². The number of rotatable bonds is 8. The number of carbonyl (C=O) groups is 3. The summed E-state index contributed by atoms with van der Waals surface area (Å²) < 4.78 is 13.8. The quantitative estimate of drug-likeness (QED) is 0.353. The van der Waals surface area contributed by atoms with Gasteiger partial charge in [-0.25, -0.2) is 4.79 Å². The highest BCUT2D eigenvalue weighted by molar-refractivity contribution is 6.05. The molecule has 1 unspecified atom stereocenters. The third-order valence-corrected chi connectivity index (χ3v) is 8.35. The summed E-state index contributed by atoms with van der Waals surface area (Å²) in [5, 5.41) is 10.2. The van der Waals surface area contributed by atoms with Crippen molar-refractivity contribution in [3.63, 3.8) is 0 Å². The molecular weight excluding hydrogens is 498 g/mol. The van der Waals surface area contributed by atoms with Gasteiger partial charge in [0.15, 0.2) is 11.8 Å². The number of aliphatic hydroxyl groups excluding tert-OH is 1. The maximum Gasteiger partial charge on any atom is 0.327 e. The van der Waals surface area contributed by atoms with Crippen LogP contribution in [0.15, 0.2) is 42.5 Å². The maximum atomic E-state index is 13.3. The van der Waals surface area contributed by atoms with E-state index in [9.17, 15) is 19.5 Å². The number of ketones is 1. The zero-order chi connectivity index (χ0) is 27.1. The van der Waals surface area contributed by atoms with Gasteiger partial charge in [0, 0.05) is 49.8 Å². The molecule has 3 aromatic rings. The van der Waals surface area contributed by atoms with Gasteiger partial charge in [0.25, 0.3) is 5.91 Å². The molecule has 0 bridgehead atoms. The standard InChI is InChI=1S/C30H33N3O6/c1-31-29(36)28-27-23(8-12-32(28)30(31)37)24-16-22(39-15-11-19-9-13-38-14-10-19)6-7-25(24)33(27)17-20-2-4-21(5-3-20)26(35)18-34/h2-7,16,19,28,34H,8-15,17-18H2,1H3. The van der Waals surface area contributed by atoms with E-state index in [1.807, 2.05) is 24.3 Å². The molecule has 2 fully saturated rings. The van der Waals surface area contributed by atoms with Crippen LogP contribution in [0.1, 0.15) is 52.5 Å². The predicted molar refractivity (Wildman–Crippen MR) is 144 cm³/mol. The van der Waals surface area contributed by atoms with Crippen molar-refractivity contribution in [3.05, 3.63) is 64.8 Å². The summed E-state index contributed by atoms with van der Waals surface area (Å²) >= 11 is 0. The van der Waals surface area contributed by atoms with Crippen molar-refractivity contribution in [2.24, 2.45) is 5.92 Å². The minimum absolute atomic E-state index is 0.221. The van der Waals surface area contributed by atoms with Crippen molar-refractivity contribution in [2.45, 2.75) is 38.3 Å². The van der Waals surface area contributed by atoms with E-state index >= 15 is 0 Å². The lowest BCUT2D eigenvalue weighted by Gasteiger charge is -2.29. The highest BCUT2D eigenvalue weighted by Crippen LogP contribution is 2.42. The number of Topliss-reactive ketones (excluding diaryl/α,β-unsaturated/α-hetero) is 1. The predicted octanol–water partition coefficient (Wildman–Crippen LogP) is 3.55. The average Bonchev–Trinajstić information content (AvgIpc) is 3.39. The van der Waals surface area contributed by atoms with Crippen LogP contribution in [0.25, 0.3) is 10.9 Å². The van der Waals surface area contributed by atoms with E-state index in [4.69, 9.17) is 9.47 Å². The van der Waals surface area contributed by atoms with Crippen LogP contribution in [0.2, 0.25) is 0 Å². The van der Waals surface area contributed by atoms with E-state index in [1.165, 1.54) is 11.9 Å². The Bertz CT molecular complexity index is 1420. The first-order chi connectivity index (χ1) is 19.0. The molecule has 204 valence electrons. The lowest BCUT2D eigenvalue weighted by molar-refractivity contribution is -0.127. The number of hydrogen-bond donors (Lipinski definition) is 1. The summed E-state index contributed by atoms with van der Waals surface area (Å²) in [6.07, 6.45) is 3.80. The van der Waals surface area contributed by atoms with Gasteiger partial charge >= 0.3 is 6.03 Å². The van der Waals surface area contributed by atoms with Gasteiger partial charge in [0.05, 0.1) is 12.3 Å². The van der Waals surface area contributed by atoms with Crippen molar-refractivity contribution < 1.29 is 29.0 Å². The Morgan fingerprint density at radius 1 is 1.10 bits per heavy atom. The number of aliphatic hydroxyl groups is 1. The van der Waals surface area contributed by atoms with E-state index < -0.39 is 12.6 Å². The Hall–Kier alpha value is -3.69. The number of amides is 3. The van der Waals surface area contributed by atoms with Gasteiger partial charge in [-0.05, 0) is 60.9 Å². The van der Waals surface area contributed by atoms with Crippen LogP contribution < -0.4 is 4.74 Å². The third kappa shape index (κ3) is 4.59. The Morgan fingerprint density at radius 2 is 1.87 bits per heavy atom. The molecule has 1 N–H and O–H groups in total. The highest BCUT2D eigenvalue weighted by Gasteiger charge is 2.48. The minimum Gasteiger partial charge on any atom is -0.494 e. The van der Waals surface area contributed by atoms with E-state index in [1.54, 1.807) is 17.0 Å².